The van der Waals surface area contributed by atoms with E-state index < -0.39 is 0 Å². The average molecular weight is 295 g/mol. The van der Waals surface area contributed by atoms with E-state index in [0.29, 0.717) is 11.4 Å². The van der Waals surface area contributed by atoms with Crippen molar-refractivity contribution in [1.29, 1.82) is 0 Å². The van der Waals surface area contributed by atoms with Crippen molar-refractivity contribution in [2.24, 2.45) is 0 Å². The van der Waals surface area contributed by atoms with Gasteiger partial charge in [-0.25, -0.2) is 0 Å². The summed E-state index contributed by atoms with van der Waals surface area (Å²) >= 11 is 6.13. The van der Waals surface area contributed by atoms with Gasteiger partial charge in [0.25, 0.3) is 5.91 Å². The lowest BCUT2D eigenvalue weighted by atomic mass is 9.83. The van der Waals surface area contributed by atoms with E-state index in [1.165, 1.54) is 6.42 Å². The molecule has 1 amide bonds. The fourth-order valence-electron chi connectivity index (χ4n) is 2.76. The molecule has 1 aliphatic carbocycles. The second-order valence-corrected chi connectivity index (χ2v) is 6.14. The normalized spacial score (nSPS) is 17.6. The molecule has 0 bridgehead atoms. The van der Waals surface area contributed by atoms with Crippen LogP contribution in [0.1, 0.15) is 42.5 Å². The lowest BCUT2D eigenvalue weighted by Gasteiger charge is -2.36. The molecule has 0 aromatic heterocycles. The highest BCUT2D eigenvalue weighted by Gasteiger charge is 2.32. The Hall–Kier alpha value is -1.22. The van der Waals surface area contributed by atoms with E-state index in [0.717, 1.165) is 31.4 Å². The second kappa shape index (κ2) is 6.49. The van der Waals surface area contributed by atoms with Gasteiger partial charge in [-0.05, 0) is 31.0 Å². The van der Waals surface area contributed by atoms with Crippen LogP contribution in [0.15, 0.2) is 24.3 Å². The average Bonchev–Trinajstić information content (AvgIpc) is 2.48. The lowest BCUT2D eigenvalue weighted by molar-refractivity contribution is 0.0885. The third kappa shape index (κ3) is 3.45. The van der Waals surface area contributed by atoms with Crippen molar-refractivity contribution in [3.05, 3.63) is 29.8 Å². The topological polar surface area (TPSA) is 32.3 Å². The summed E-state index contributed by atoms with van der Waals surface area (Å²) < 4.78 is 0. The molecule has 2 rings (SSSR count). The molecule has 110 valence electrons. The van der Waals surface area contributed by atoms with Gasteiger partial charge in [-0.15, -0.1) is 11.6 Å². The van der Waals surface area contributed by atoms with Crippen LogP contribution in [0, 0.1) is 0 Å². The molecule has 1 aromatic carbocycles. The smallest absolute Gasteiger partial charge is 0.251 e. The molecule has 0 heterocycles. The van der Waals surface area contributed by atoms with E-state index in [4.69, 9.17) is 11.6 Å². The summed E-state index contributed by atoms with van der Waals surface area (Å²) in [6.45, 7) is 0. The number of nitrogens with zero attached hydrogens (tertiary/aromatic N) is 1. The summed E-state index contributed by atoms with van der Waals surface area (Å²) in [5, 5.41) is 3.18. The van der Waals surface area contributed by atoms with Gasteiger partial charge in [-0.2, -0.15) is 0 Å². The Morgan fingerprint density at radius 2 is 2.00 bits per heavy atom. The predicted molar refractivity (Wildman–Crippen MR) is 84.8 cm³/mol. The van der Waals surface area contributed by atoms with Crippen LogP contribution < -0.4 is 10.2 Å². The third-order valence-electron chi connectivity index (χ3n) is 4.07. The maximum Gasteiger partial charge on any atom is 0.251 e. The fraction of sp³-hybridized carbons (Fsp3) is 0.562. The molecule has 20 heavy (non-hydrogen) atoms. The Balaban J connectivity index is 2.12. The number of alkyl halides is 1. The van der Waals surface area contributed by atoms with Crippen molar-refractivity contribution in [2.45, 2.75) is 37.6 Å². The first kappa shape index (κ1) is 15.2. The van der Waals surface area contributed by atoms with Crippen molar-refractivity contribution >= 4 is 23.2 Å². The Bertz CT molecular complexity index is 467. The first-order valence-corrected chi connectivity index (χ1v) is 7.76. The number of rotatable bonds is 4. The van der Waals surface area contributed by atoms with E-state index in [9.17, 15) is 4.79 Å². The summed E-state index contributed by atoms with van der Waals surface area (Å²) in [6.07, 6.45) is 5.49. The molecule has 0 saturated heterocycles. The number of nitrogens with one attached hydrogen (secondary N) is 1. The summed E-state index contributed by atoms with van der Waals surface area (Å²) in [6, 6.07) is 7.68. The predicted octanol–water partition coefficient (Wildman–Crippen LogP) is 3.42. The summed E-state index contributed by atoms with van der Waals surface area (Å²) in [4.78, 5) is 14.5. The van der Waals surface area contributed by atoms with Crippen LogP contribution in [-0.2, 0) is 0 Å². The zero-order valence-electron chi connectivity index (χ0n) is 12.3. The van der Waals surface area contributed by atoms with Crippen LogP contribution in [-0.4, -0.2) is 31.4 Å². The number of halogens is 1. The van der Waals surface area contributed by atoms with Gasteiger partial charge in [0, 0.05) is 31.2 Å². The van der Waals surface area contributed by atoms with E-state index in [-0.39, 0.29) is 11.4 Å². The van der Waals surface area contributed by atoms with E-state index in [1.807, 2.05) is 43.3 Å². The quantitative estimate of drug-likeness (QED) is 0.863. The molecule has 4 heteroatoms. The van der Waals surface area contributed by atoms with Gasteiger partial charge in [0.15, 0.2) is 0 Å². The molecule has 0 atom stereocenters. The van der Waals surface area contributed by atoms with E-state index in [2.05, 4.69) is 5.32 Å². The fourth-order valence-corrected chi connectivity index (χ4v) is 3.09. The van der Waals surface area contributed by atoms with Gasteiger partial charge in [0.1, 0.15) is 0 Å². The minimum atomic E-state index is -0.217. The molecular formula is C16H23ClN2O. The number of carbonyl (C=O) groups is 1. The number of hydrogen-bond acceptors (Lipinski definition) is 2. The van der Waals surface area contributed by atoms with Crippen LogP contribution >= 0.6 is 11.6 Å². The number of carbonyl (C=O) groups excluding carboxylic acids is 1. The van der Waals surface area contributed by atoms with Gasteiger partial charge in [0.2, 0.25) is 0 Å². The molecule has 1 aliphatic rings. The maximum atomic E-state index is 12.5. The number of amides is 1. The molecule has 1 aromatic rings. The van der Waals surface area contributed by atoms with Gasteiger partial charge in [-0.1, -0.05) is 25.3 Å². The second-order valence-electron chi connectivity index (χ2n) is 5.87. The zero-order valence-corrected chi connectivity index (χ0v) is 13.0. The SMILES string of the molecule is CN(C)c1cccc(C(=O)NC2(CCl)CCCCC2)c1. The molecule has 3 nitrogen and oxygen atoms in total. The lowest BCUT2D eigenvalue weighted by Crippen LogP contribution is -2.51. The maximum absolute atomic E-state index is 12.5. The highest BCUT2D eigenvalue weighted by molar-refractivity contribution is 6.19. The third-order valence-corrected chi connectivity index (χ3v) is 4.58. The highest BCUT2D eigenvalue weighted by Crippen LogP contribution is 2.29. The van der Waals surface area contributed by atoms with Gasteiger partial charge >= 0.3 is 0 Å². The minimum Gasteiger partial charge on any atom is -0.378 e. The summed E-state index contributed by atoms with van der Waals surface area (Å²) in [5.41, 5.74) is 1.51. The molecule has 1 fully saturated rings. The molecular weight excluding hydrogens is 272 g/mol. The van der Waals surface area contributed by atoms with Gasteiger partial charge in [0.05, 0.1) is 5.54 Å². The Morgan fingerprint density at radius 3 is 2.60 bits per heavy atom. The van der Waals surface area contributed by atoms with Crippen molar-refractivity contribution in [2.75, 3.05) is 24.9 Å². The van der Waals surface area contributed by atoms with Crippen molar-refractivity contribution in [3.63, 3.8) is 0 Å². The Kier molecular flexibility index (Phi) is 4.92. The molecule has 0 unspecified atom stereocenters. The van der Waals surface area contributed by atoms with E-state index in [1.54, 1.807) is 0 Å². The molecule has 1 saturated carbocycles. The summed E-state index contributed by atoms with van der Waals surface area (Å²) in [5.74, 6) is 0.475. The van der Waals surface area contributed by atoms with Crippen molar-refractivity contribution in [1.82, 2.24) is 5.32 Å². The number of anilines is 1. The molecule has 0 aliphatic heterocycles. The first-order chi connectivity index (χ1) is 9.56. The highest BCUT2D eigenvalue weighted by atomic mass is 35.5. The van der Waals surface area contributed by atoms with E-state index >= 15 is 0 Å². The molecule has 0 radical (unpaired) electrons. The largest absolute Gasteiger partial charge is 0.378 e. The standard InChI is InChI=1S/C16H23ClN2O/c1-19(2)14-8-6-7-13(11-14)15(20)18-16(12-17)9-4-3-5-10-16/h6-8,11H,3-5,9-10,12H2,1-2H3,(H,18,20). The molecule has 0 spiro atoms. The van der Waals surface area contributed by atoms with Crippen LogP contribution in [0.3, 0.4) is 0 Å². The minimum absolute atomic E-state index is 0.0174. The molecule has 1 N–H and O–H groups in total. The van der Waals surface area contributed by atoms with Crippen LogP contribution in [0.2, 0.25) is 0 Å². The summed E-state index contributed by atoms with van der Waals surface area (Å²) in [7, 11) is 3.94. The Labute approximate surface area is 126 Å². The van der Waals surface area contributed by atoms with Crippen LogP contribution in [0.5, 0.6) is 0 Å². The van der Waals surface area contributed by atoms with Gasteiger partial charge in [-0.3, -0.25) is 4.79 Å². The van der Waals surface area contributed by atoms with Crippen LogP contribution in [0.25, 0.3) is 0 Å². The first-order valence-electron chi connectivity index (χ1n) is 7.22. The number of benzene rings is 1. The monoisotopic (exact) mass is 294 g/mol. The van der Waals surface area contributed by atoms with Crippen molar-refractivity contribution < 1.29 is 4.79 Å². The number of hydrogen-bond donors (Lipinski definition) is 1. The van der Waals surface area contributed by atoms with Crippen molar-refractivity contribution in [3.8, 4) is 0 Å². The Morgan fingerprint density at radius 1 is 1.30 bits per heavy atom. The zero-order chi connectivity index (χ0) is 14.6. The van der Waals surface area contributed by atoms with Gasteiger partial charge < -0.3 is 10.2 Å². The van der Waals surface area contributed by atoms with Crippen LogP contribution in [0.4, 0.5) is 5.69 Å².